The number of carbonyl (C=O) groups is 1. The number of hydrogen-bond acceptors (Lipinski definition) is 5. The Morgan fingerprint density at radius 1 is 0.864 bits per heavy atom. The normalized spacial score (nSPS) is 11.7. The monoisotopic (exact) mass is 610 g/mol. The van der Waals surface area contributed by atoms with Crippen LogP contribution in [-0.2, 0) is 21.9 Å². The quantitative estimate of drug-likeness (QED) is 0.195. The van der Waals surface area contributed by atoms with Crippen molar-refractivity contribution in [3.05, 3.63) is 130 Å². The zero-order chi connectivity index (χ0) is 31.6. The highest BCUT2D eigenvalue weighted by Crippen LogP contribution is 2.25. The Morgan fingerprint density at radius 2 is 1.50 bits per heavy atom. The van der Waals surface area contributed by atoms with E-state index in [1.807, 2.05) is 51.1 Å². The van der Waals surface area contributed by atoms with Gasteiger partial charge in [-0.2, -0.15) is 5.10 Å². The van der Waals surface area contributed by atoms with Crippen molar-refractivity contribution in [1.82, 2.24) is 19.4 Å². The summed E-state index contributed by atoms with van der Waals surface area (Å²) in [5.41, 5.74) is 7.56. The van der Waals surface area contributed by atoms with E-state index >= 15 is 0 Å². The standard InChI is InChI=1S/C33H34N6O4S/c1-23-13-12-16-29(19-23)38-24(2)20-27(25(38)3)21-34-35-31(40)22-37(44(42,43)30-17-10-7-11-18-30)32-26(4)36(5)39(33(32)41)28-14-8-6-9-15-28/h6-21H,22H2,1-5H3,(H,35,40)/b34-21-. The molecular weight excluding hydrogens is 576 g/mol. The average Bonchev–Trinajstić information content (AvgIpc) is 3.41. The summed E-state index contributed by atoms with van der Waals surface area (Å²) >= 11 is 0. The summed E-state index contributed by atoms with van der Waals surface area (Å²) in [7, 11) is -2.64. The Morgan fingerprint density at radius 3 is 2.16 bits per heavy atom. The molecule has 3 aromatic carbocycles. The first-order chi connectivity index (χ1) is 21.0. The van der Waals surface area contributed by atoms with Gasteiger partial charge in [-0.05, 0) is 75.7 Å². The lowest BCUT2D eigenvalue weighted by molar-refractivity contribution is -0.119. The predicted octanol–water partition coefficient (Wildman–Crippen LogP) is 4.55. The van der Waals surface area contributed by atoms with E-state index in [1.165, 1.54) is 23.0 Å². The molecule has 11 heteroatoms. The number of aryl methyl sites for hydroxylation is 2. The molecule has 1 N–H and O–H groups in total. The fraction of sp³-hybridized carbons (Fsp3) is 0.182. The molecule has 0 aliphatic rings. The second-order valence-corrected chi connectivity index (χ2v) is 12.4. The van der Waals surface area contributed by atoms with Gasteiger partial charge in [-0.3, -0.25) is 14.3 Å². The van der Waals surface area contributed by atoms with Gasteiger partial charge in [-0.25, -0.2) is 22.8 Å². The van der Waals surface area contributed by atoms with Crippen LogP contribution in [0.5, 0.6) is 0 Å². The molecule has 2 aromatic heterocycles. The maximum Gasteiger partial charge on any atom is 0.296 e. The van der Waals surface area contributed by atoms with Gasteiger partial charge in [-0.1, -0.05) is 48.5 Å². The van der Waals surface area contributed by atoms with Crippen molar-refractivity contribution >= 4 is 27.8 Å². The summed E-state index contributed by atoms with van der Waals surface area (Å²) in [4.78, 5) is 27.0. The van der Waals surface area contributed by atoms with Crippen molar-refractivity contribution in [2.24, 2.45) is 12.1 Å². The minimum Gasteiger partial charge on any atom is -0.318 e. The maximum absolute atomic E-state index is 13.9. The molecule has 5 aromatic rings. The number of nitrogens with zero attached hydrogens (tertiary/aromatic N) is 5. The van der Waals surface area contributed by atoms with E-state index < -0.39 is 28.0 Å². The Bertz CT molecular complexity index is 2020. The maximum atomic E-state index is 13.9. The van der Waals surface area contributed by atoms with Crippen molar-refractivity contribution in [2.75, 3.05) is 10.8 Å². The van der Waals surface area contributed by atoms with E-state index in [1.54, 1.807) is 61.1 Å². The molecule has 1 amide bonds. The van der Waals surface area contributed by atoms with Crippen LogP contribution in [0.3, 0.4) is 0 Å². The highest BCUT2D eigenvalue weighted by atomic mass is 32.2. The Kier molecular flexibility index (Phi) is 8.41. The zero-order valence-electron chi connectivity index (χ0n) is 25.2. The SMILES string of the molecule is Cc1cccc(-n2c(C)cc(/C=N\NC(=O)CN(c3c(C)n(C)n(-c4ccccc4)c3=O)S(=O)(=O)c3ccccc3)c2C)c1. The van der Waals surface area contributed by atoms with E-state index in [-0.39, 0.29) is 10.6 Å². The Hall–Kier alpha value is -5.16. The second-order valence-electron chi connectivity index (χ2n) is 10.5. The molecule has 0 saturated heterocycles. The number of aromatic nitrogens is 3. The van der Waals surface area contributed by atoms with Crippen LogP contribution in [0.1, 0.15) is 28.2 Å². The average molecular weight is 611 g/mol. The molecular formula is C33H34N6O4S. The fourth-order valence-electron chi connectivity index (χ4n) is 5.27. The van der Waals surface area contributed by atoms with Crippen LogP contribution in [0.4, 0.5) is 5.69 Å². The molecule has 0 saturated carbocycles. The molecule has 0 atom stereocenters. The predicted molar refractivity (Wildman–Crippen MR) is 172 cm³/mol. The van der Waals surface area contributed by atoms with Gasteiger partial charge in [0.15, 0.2) is 0 Å². The van der Waals surface area contributed by atoms with Gasteiger partial charge in [0.2, 0.25) is 0 Å². The number of anilines is 1. The van der Waals surface area contributed by atoms with Crippen LogP contribution >= 0.6 is 0 Å². The molecule has 0 aliphatic heterocycles. The molecule has 0 aliphatic carbocycles. The molecule has 5 rings (SSSR count). The van der Waals surface area contributed by atoms with Crippen molar-refractivity contribution in [1.29, 1.82) is 0 Å². The van der Waals surface area contributed by atoms with Crippen LogP contribution in [0.15, 0.2) is 106 Å². The largest absolute Gasteiger partial charge is 0.318 e. The topological polar surface area (TPSA) is 111 Å². The van der Waals surface area contributed by atoms with Crippen LogP contribution in [0, 0.1) is 27.7 Å². The zero-order valence-corrected chi connectivity index (χ0v) is 26.0. The number of nitrogens with one attached hydrogen (secondary N) is 1. The van der Waals surface area contributed by atoms with Crippen LogP contribution in [0.25, 0.3) is 11.4 Å². The summed E-state index contributed by atoms with van der Waals surface area (Å²) in [5, 5.41) is 4.14. The molecule has 44 heavy (non-hydrogen) atoms. The number of amides is 1. The van der Waals surface area contributed by atoms with E-state index in [0.29, 0.717) is 11.4 Å². The van der Waals surface area contributed by atoms with Crippen LogP contribution < -0.4 is 15.3 Å². The van der Waals surface area contributed by atoms with Crippen molar-refractivity contribution < 1.29 is 13.2 Å². The molecule has 10 nitrogen and oxygen atoms in total. The highest BCUT2D eigenvalue weighted by molar-refractivity contribution is 7.92. The van der Waals surface area contributed by atoms with Gasteiger partial charge in [0.1, 0.15) is 12.2 Å². The van der Waals surface area contributed by atoms with Gasteiger partial charge < -0.3 is 4.57 Å². The second kappa shape index (κ2) is 12.2. The number of carbonyl (C=O) groups excluding carboxylic acids is 1. The highest BCUT2D eigenvalue weighted by Gasteiger charge is 2.33. The molecule has 0 unspecified atom stereocenters. The lowest BCUT2D eigenvalue weighted by atomic mass is 10.2. The van der Waals surface area contributed by atoms with E-state index in [9.17, 15) is 18.0 Å². The van der Waals surface area contributed by atoms with Crippen LogP contribution in [-0.4, -0.2) is 41.0 Å². The summed E-state index contributed by atoms with van der Waals surface area (Å²) in [6.45, 7) is 6.96. The Balaban J connectivity index is 1.47. The molecule has 2 heterocycles. The summed E-state index contributed by atoms with van der Waals surface area (Å²) in [6, 6.07) is 26.7. The van der Waals surface area contributed by atoms with Gasteiger partial charge in [0, 0.05) is 29.7 Å². The third-order valence-corrected chi connectivity index (χ3v) is 9.27. The first-order valence-electron chi connectivity index (χ1n) is 14.0. The fourth-order valence-corrected chi connectivity index (χ4v) is 6.76. The smallest absolute Gasteiger partial charge is 0.296 e. The van der Waals surface area contributed by atoms with Gasteiger partial charge >= 0.3 is 0 Å². The van der Waals surface area contributed by atoms with Gasteiger partial charge in [-0.15, -0.1) is 0 Å². The van der Waals surface area contributed by atoms with Crippen molar-refractivity contribution in [3.8, 4) is 11.4 Å². The summed E-state index contributed by atoms with van der Waals surface area (Å²) in [5.74, 6) is -0.706. The minimum atomic E-state index is -4.31. The molecule has 0 spiro atoms. The number of hydrazone groups is 1. The van der Waals surface area contributed by atoms with E-state index in [2.05, 4.69) is 21.2 Å². The van der Waals surface area contributed by atoms with Crippen molar-refractivity contribution in [2.45, 2.75) is 32.6 Å². The van der Waals surface area contributed by atoms with Gasteiger partial charge in [0.05, 0.1) is 22.5 Å². The molecule has 0 bridgehead atoms. The van der Waals surface area contributed by atoms with E-state index in [4.69, 9.17) is 0 Å². The van der Waals surface area contributed by atoms with Gasteiger partial charge in [0.25, 0.3) is 21.5 Å². The number of para-hydroxylation sites is 1. The Labute approximate surface area is 256 Å². The lowest BCUT2D eigenvalue weighted by Crippen LogP contribution is -2.42. The number of sulfonamides is 1. The molecule has 0 fully saturated rings. The number of rotatable bonds is 9. The van der Waals surface area contributed by atoms with Crippen molar-refractivity contribution in [3.63, 3.8) is 0 Å². The first kappa shape index (κ1) is 30.3. The summed E-state index contributed by atoms with van der Waals surface area (Å²) < 4.78 is 33.7. The first-order valence-corrected chi connectivity index (χ1v) is 15.4. The van der Waals surface area contributed by atoms with Crippen LogP contribution in [0.2, 0.25) is 0 Å². The third kappa shape index (κ3) is 5.73. The van der Waals surface area contributed by atoms with E-state index in [0.717, 1.165) is 32.5 Å². The molecule has 226 valence electrons. The third-order valence-electron chi connectivity index (χ3n) is 7.51. The number of benzene rings is 3. The molecule has 0 radical (unpaired) electrons. The number of hydrogen-bond donors (Lipinski definition) is 1. The lowest BCUT2D eigenvalue weighted by Gasteiger charge is -2.22. The summed E-state index contributed by atoms with van der Waals surface area (Å²) in [6.07, 6.45) is 1.53. The minimum absolute atomic E-state index is 0.0474.